The maximum absolute atomic E-state index is 5.91. The smallest absolute Gasteiger partial charge is 0.282 e. The lowest BCUT2D eigenvalue weighted by molar-refractivity contribution is -0.909. The third kappa shape index (κ3) is 4.38. The van der Waals surface area contributed by atoms with Crippen LogP contribution in [0.4, 0.5) is 0 Å². The van der Waals surface area contributed by atoms with E-state index in [0.717, 1.165) is 23.4 Å². The van der Waals surface area contributed by atoms with Gasteiger partial charge in [0.25, 0.3) is 5.89 Å². The minimum atomic E-state index is 0.576. The molecule has 0 radical (unpaired) electrons. The molecule has 0 amide bonds. The molecule has 1 aromatic heterocycles. The number of benzene rings is 2. The molecule has 1 heterocycles. The van der Waals surface area contributed by atoms with Crippen LogP contribution in [0.1, 0.15) is 17.0 Å². The van der Waals surface area contributed by atoms with Crippen molar-refractivity contribution in [3.63, 3.8) is 0 Å². The predicted molar refractivity (Wildman–Crippen MR) is 96.8 cm³/mol. The number of hydrogen-bond donors (Lipinski definition) is 1. The van der Waals surface area contributed by atoms with Gasteiger partial charge in [-0.2, -0.15) is 4.98 Å². The van der Waals surface area contributed by atoms with Crippen molar-refractivity contribution in [2.75, 3.05) is 14.2 Å². The van der Waals surface area contributed by atoms with Gasteiger partial charge in [0.05, 0.1) is 14.2 Å². The second kappa shape index (κ2) is 7.68. The van der Waals surface area contributed by atoms with Crippen molar-refractivity contribution in [2.45, 2.75) is 20.0 Å². The highest BCUT2D eigenvalue weighted by atomic mass is 35.5. The van der Waals surface area contributed by atoms with Gasteiger partial charge in [-0.3, -0.25) is 0 Å². The van der Waals surface area contributed by atoms with Gasteiger partial charge in [-0.05, 0) is 43.3 Å². The summed E-state index contributed by atoms with van der Waals surface area (Å²) in [5.74, 6) is 2.08. The molecule has 0 aliphatic heterocycles. The normalized spacial score (nSPS) is 12.2. The molecule has 0 bridgehead atoms. The molecule has 0 saturated carbocycles. The Hall–Kier alpha value is -2.37. The molecule has 25 heavy (non-hydrogen) atoms. The summed E-state index contributed by atoms with van der Waals surface area (Å²) >= 11 is 5.91. The highest BCUT2D eigenvalue weighted by Gasteiger charge is 2.15. The number of aromatic nitrogens is 2. The van der Waals surface area contributed by atoms with Gasteiger partial charge in [0.2, 0.25) is 5.82 Å². The van der Waals surface area contributed by atoms with Crippen LogP contribution in [-0.4, -0.2) is 24.3 Å². The zero-order chi connectivity index (χ0) is 17.8. The average molecular weight is 359 g/mol. The fraction of sp³-hybridized carbons (Fsp3) is 0.263. The summed E-state index contributed by atoms with van der Waals surface area (Å²) in [5.41, 5.74) is 3.27. The first kappa shape index (κ1) is 17.5. The van der Waals surface area contributed by atoms with Crippen LogP contribution in [0.2, 0.25) is 5.02 Å². The molecular weight excluding hydrogens is 338 g/mol. The van der Waals surface area contributed by atoms with Crippen LogP contribution in [0.15, 0.2) is 47.0 Å². The van der Waals surface area contributed by atoms with E-state index in [-0.39, 0.29) is 0 Å². The summed E-state index contributed by atoms with van der Waals surface area (Å²) in [4.78, 5) is 5.71. The van der Waals surface area contributed by atoms with E-state index in [0.29, 0.717) is 23.3 Å². The third-order valence-electron chi connectivity index (χ3n) is 3.95. The molecule has 1 atom stereocenters. The van der Waals surface area contributed by atoms with Crippen LogP contribution in [0.25, 0.3) is 11.4 Å². The molecule has 6 heteroatoms. The molecule has 0 fully saturated rings. The zero-order valence-corrected chi connectivity index (χ0v) is 15.3. The number of ether oxygens (including phenoxy) is 1. The lowest BCUT2D eigenvalue weighted by atomic mass is 10.1. The number of hydrogen-bond acceptors (Lipinski definition) is 4. The molecule has 5 nitrogen and oxygen atoms in total. The Labute approximate surface area is 152 Å². The van der Waals surface area contributed by atoms with Crippen molar-refractivity contribution in [3.05, 3.63) is 64.5 Å². The number of aryl methyl sites for hydroxylation is 1. The number of quaternary nitrogens is 1. The van der Waals surface area contributed by atoms with Crippen molar-refractivity contribution in [2.24, 2.45) is 0 Å². The zero-order valence-electron chi connectivity index (χ0n) is 14.5. The molecule has 1 N–H and O–H groups in total. The number of nitrogens with one attached hydrogen (secondary N) is 1. The van der Waals surface area contributed by atoms with Crippen molar-refractivity contribution in [1.29, 1.82) is 0 Å². The maximum Gasteiger partial charge on any atom is 0.282 e. The maximum atomic E-state index is 5.91. The van der Waals surface area contributed by atoms with Gasteiger partial charge < -0.3 is 14.2 Å². The topological polar surface area (TPSA) is 52.6 Å². The van der Waals surface area contributed by atoms with Gasteiger partial charge in [0, 0.05) is 16.1 Å². The van der Waals surface area contributed by atoms with Crippen LogP contribution in [-0.2, 0) is 13.1 Å². The van der Waals surface area contributed by atoms with E-state index in [2.05, 4.69) is 30.2 Å². The van der Waals surface area contributed by atoms with E-state index in [4.69, 9.17) is 20.9 Å². The summed E-state index contributed by atoms with van der Waals surface area (Å²) in [6.45, 7) is 3.52. The first-order chi connectivity index (χ1) is 12.0. The van der Waals surface area contributed by atoms with E-state index in [1.807, 2.05) is 36.4 Å². The number of methoxy groups -OCH3 is 1. The second-order valence-corrected chi connectivity index (χ2v) is 6.58. The molecule has 0 saturated heterocycles. The fourth-order valence-corrected chi connectivity index (χ4v) is 2.86. The van der Waals surface area contributed by atoms with Gasteiger partial charge in [0.1, 0.15) is 12.3 Å². The standard InChI is InChI=1S/C19H20ClN3O2/c1-13-4-9-17(24-3)15(10-13)11-23(2)12-18-21-19(22-25-18)14-5-7-16(20)8-6-14/h4-10H,11-12H2,1-3H3/p+1. The van der Waals surface area contributed by atoms with Crippen molar-refractivity contribution >= 4 is 11.6 Å². The average Bonchev–Trinajstić information content (AvgIpc) is 3.04. The van der Waals surface area contributed by atoms with Crippen LogP contribution in [0.5, 0.6) is 5.75 Å². The summed E-state index contributed by atoms with van der Waals surface area (Å²) in [6.07, 6.45) is 0. The van der Waals surface area contributed by atoms with Crippen molar-refractivity contribution in [3.8, 4) is 17.1 Å². The number of nitrogens with zero attached hydrogens (tertiary/aromatic N) is 2. The van der Waals surface area contributed by atoms with Crippen molar-refractivity contribution in [1.82, 2.24) is 10.1 Å². The Morgan fingerprint density at radius 2 is 1.88 bits per heavy atom. The first-order valence-electron chi connectivity index (χ1n) is 8.08. The SMILES string of the molecule is COc1ccc(C)cc1C[NH+](C)Cc1nc(-c2ccc(Cl)cc2)no1. The Balaban J connectivity index is 1.68. The van der Waals surface area contributed by atoms with E-state index < -0.39 is 0 Å². The lowest BCUT2D eigenvalue weighted by Gasteiger charge is -2.14. The molecule has 0 spiro atoms. The Kier molecular flexibility index (Phi) is 5.36. The van der Waals surface area contributed by atoms with Gasteiger partial charge >= 0.3 is 0 Å². The van der Waals surface area contributed by atoms with Crippen LogP contribution < -0.4 is 9.64 Å². The first-order valence-corrected chi connectivity index (χ1v) is 8.46. The van der Waals surface area contributed by atoms with E-state index in [1.54, 1.807) is 7.11 Å². The molecule has 3 rings (SSSR count). The van der Waals surface area contributed by atoms with Crippen LogP contribution in [0, 0.1) is 6.92 Å². The summed E-state index contributed by atoms with van der Waals surface area (Å²) in [5, 5.41) is 4.74. The van der Waals surface area contributed by atoms with Gasteiger partial charge in [-0.1, -0.05) is 28.4 Å². The van der Waals surface area contributed by atoms with E-state index >= 15 is 0 Å². The minimum absolute atomic E-state index is 0.576. The predicted octanol–water partition coefficient (Wildman–Crippen LogP) is 2.92. The van der Waals surface area contributed by atoms with E-state index in [9.17, 15) is 0 Å². The Morgan fingerprint density at radius 3 is 2.60 bits per heavy atom. The highest BCUT2D eigenvalue weighted by Crippen LogP contribution is 2.19. The van der Waals surface area contributed by atoms with E-state index in [1.165, 1.54) is 10.5 Å². The van der Waals surface area contributed by atoms with Crippen molar-refractivity contribution < 1.29 is 14.2 Å². The van der Waals surface area contributed by atoms with Gasteiger partial charge in [0.15, 0.2) is 6.54 Å². The van der Waals surface area contributed by atoms with Crippen LogP contribution >= 0.6 is 11.6 Å². The molecule has 0 aliphatic rings. The second-order valence-electron chi connectivity index (χ2n) is 6.14. The third-order valence-corrected chi connectivity index (χ3v) is 4.20. The van der Waals surface area contributed by atoms with Gasteiger partial charge in [-0.15, -0.1) is 0 Å². The Morgan fingerprint density at radius 1 is 1.12 bits per heavy atom. The monoisotopic (exact) mass is 358 g/mol. The Bertz CT molecular complexity index is 846. The fourth-order valence-electron chi connectivity index (χ4n) is 2.73. The summed E-state index contributed by atoms with van der Waals surface area (Å²) in [7, 11) is 3.79. The quantitative estimate of drug-likeness (QED) is 0.736. The van der Waals surface area contributed by atoms with Crippen LogP contribution in [0.3, 0.4) is 0 Å². The largest absolute Gasteiger partial charge is 0.496 e. The molecule has 2 aromatic carbocycles. The number of halogens is 1. The lowest BCUT2D eigenvalue weighted by Crippen LogP contribution is -3.06. The minimum Gasteiger partial charge on any atom is -0.496 e. The molecular formula is C19H21ClN3O2+. The molecule has 0 aliphatic carbocycles. The number of rotatable bonds is 6. The molecule has 1 unspecified atom stereocenters. The summed E-state index contributed by atoms with van der Waals surface area (Å²) in [6, 6.07) is 13.6. The van der Waals surface area contributed by atoms with Gasteiger partial charge in [-0.25, -0.2) is 0 Å². The molecule has 130 valence electrons. The highest BCUT2D eigenvalue weighted by molar-refractivity contribution is 6.30. The molecule has 3 aromatic rings. The summed E-state index contributed by atoms with van der Waals surface area (Å²) < 4.78 is 10.8.